The van der Waals surface area contributed by atoms with Gasteiger partial charge in [-0.05, 0) is 24.5 Å². The number of fused-ring (bicyclic) bond motifs is 1. The molecule has 0 fully saturated rings. The highest BCUT2D eigenvalue weighted by atomic mass is 15.3. The van der Waals surface area contributed by atoms with Gasteiger partial charge in [0.2, 0.25) is 5.95 Å². The molecule has 19 heavy (non-hydrogen) atoms. The summed E-state index contributed by atoms with van der Waals surface area (Å²) in [6, 6.07) is 10.5. The van der Waals surface area contributed by atoms with Gasteiger partial charge in [0.1, 0.15) is 5.82 Å². The number of hydrazine groups is 1. The van der Waals surface area contributed by atoms with Gasteiger partial charge in [-0.3, -0.25) is 5.43 Å². The fraction of sp³-hybridized carbons (Fsp3) is 0.286. The average Bonchev–Trinajstić information content (AvgIpc) is 2.39. The van der Waals surface area contributed by atoms with Crippen molar-refractivity contribution in [3.63, 3.8) is 0 Å². The number of rotatable bonds is 4. The number of benzene rings is 1. The first kappa shape index (κ1) is 11.9. The lowest BCUT2D eigenvalue weighted by molar-refractivity contribution is 0.634. The molecule has 1 aromatic carbocycles. The highest BCUT2D eigenvalue weighted by molar-refractivity contribution is 5.45. The SMILES string of the molecule is Cc1cc(NCC2Cc3ccccc32)nc(NN)n1. The Hall–Kier alpha value is -2.14. The largest absolute Gasteiger partial charge is 0.369 e. The minimum absolute atomic E-state index is 0.441. The van der Waals surface area contributed by atoms with Crippen LogP contribution in [0.4, 0.5) is 11.8 Å². The normalized spacial score (nSPS) is 16.4. The number of nitrogens with two attached hydrogens (primary N) is 1. The van der Waals surface area contributed by atoms with E-state index in [0.29, 0.717) is 11.9 Å². The molecule has 2 aromatic rings. The van der Waals surface area contributed by atoms with E-state index >= 15 is 0 Å². The lowest BCUT2D eigenvalue weighted by Crippen LogP contribution is -2.24. The number of nitrogens with one attached hydrogen (secondary N) is 2. The van der Waals surface area contributed by atoms with Gasteiger partial charge in [-0.2, -0.15) is 4.98 Å². The van der Waals surface area contributed by atoms with Gasteiger partial charge in [0, 0.05) is 24.2 Å². The standard InChI is InChI=1S/C14H17N5/c1-9-6-13(18-14(17-9)19-15)16-8-11-7-10-4-2-3-5-12(10)11/h2-6,11H,7-8,15H2,1H3,(H2,16,17,18,19). The lowest BCUT2D eigenvalue weighted by atomic mass is 9.77. The zero-order chi connectivity index (χ0) is 13.2. The van der Waals surface area contributed by atoms with Crippen LogP contribution in [-0.4, -0.2) is 16.5 Å². The first-order valence-electron chi connectivity index (χ1n) is 6.40. The van der Waals surface area contributed by atoms with Crippen LogP contribution in [0.3, 0.4) is 0 Å². The predicted molar refractivity (Wildman–Crippen MR) is 76.0 cm³/mol. The molecule has 1 atom stereocenters. The average molecular weight is 255 g/mol. The second-order valence-corrected chi connectivity index (χ2v) is 4.84. The number of hydrogen-bond acceptors (Lipinski definition) is 5. The Kier molecular flexibility index (Phi) is 3.05. The second kappa shape index (κ2) is 4.85. The van der Waals surface area contributed by atoms with Crippen molar-refractivity contribution in [2.45, 2.75) is 19.3 Å². The highest BCUT2D eigenvalue weighted by Gasteiger charge is 2.24. The van der Waals surface area contributed by atoms with E-state index in [1.54, 1.807) is 0 Å². The van der Waals surface area contributed by atoms with Crippen LogP contribution < -0.4 is 16.6 Å². The van der Waals surface area contributed by atoms with Crippen molar-refractivity contribution in [1.29, 1.82) is 0 Å². The molecule has 1 heterocycles. The Morgan fingerprint density at radius 3 is 2.95 bits per heavy atom. The Balaban J connectivity index is 1.66. The van der Waals surface area contributed by atoms with E-state index in [1.165, 1.54) is 11.1 Å². The summed E-state index contributed by atoms with van der Waals surface area (Å²) in [6.45, 7) is 2.81. The molecular weight excluding hydrogens is 238 g/mol. The van der Waals surface area contributed by atoms with E-state index < -0.39 is 0 Å². The number of aromatic nitrogens is 2. The summed E-state index contributed by atoms with van der Waals surface area (Å²) < 4.78 is 0. The van der Waals surface area contributed by atoms with Crippen molar-refractivity contribution in [2.75, 3.05) is 17.3 Å². The highest BCUT2D eigenvalue weighted by Crippen LogP contribution is 2.34. The molecule has 0 saturated heterocycles. The molecule has 3 rings (SSSR count). The molecule has 0 bridgehead atoms. The molecule has 5 nitrogen and oxygen atoms in total. The summed E-state index contributed by atoms with van der Waals surface area (Å²) in [6.07, 6.45) is 1.13. The van der Waals surface area contributed by atoms with Crippen LogP contribution in [0, 0.1) is 6.92 Å². The Morgan fingerprint density at radius 1 is 1.32 bits per heavy atom. The van der Waals surface area contributed by atoms with Crippen molar-refractivity contribution in [3.8, 4) is 0 Å². The molecule has 1 unspecified atom stereocenters. The molecule has 4 N–H and O–H groups in total. The van der Waals surface area contributed by atoms with E-state index in [2.05, 4.69) is 45.0 Å². The van der Waals surface area contributed by atoms with Crippen LogP contribution in [0.2, 0.25) is 0 Å². The van der Waals surface area contributed by atoms with Crippen LogP contribution in [0.1, 0.15) is 22.7 Å². The molecule has 0 radical (unpaired) electrons. The van der Waals surface area contributed by atoms with E-state index in [1.807, 2.05) is 13.0 Å². The molecule has 0 amide bonds. The molecule has 98 valence electrons. The fourth-order valence-electron chi connectivity index (χ4n) is 2.50. The predicted octanol–water partition coefficient (Wildman–Crippen LogP) is 1.82. The van der Waals surface area contributed by atoms with E-state index in [-0.39, 0.29) is 0 Å². The van der Waals surface area contributed by atoms with Gasteiger partial charge in [0.05, 0.1) is 0 Å². The second-order valence-electron chi connectivity index (χ2n) is 4.84. The van der Waals surface area contributed by atoms with Gasteiger partial charge >= 0.3 is 0 Å². The van der Waals surface area contributed by atoms with Crippen LogP contribution in [-0.2, 0) is 6.42 Å². The monoisotopic (exact) mass is 255 g/mol. The number of nitrogen functional groups attached to an aromatic ring is 1. The fourth-order valence-corrected chi connectivity index (χ4v) is 2.50. The van der Waals surface area contributed by atoms with Gasteiger partial charge < -0.3 is 5.32 Å². The van der Waals surface area contributed by atoms with Crippen molar-refractivity contribution in [1.82, 2.24) is 9.97 Å². The van der Waals surface area contributed by atoms with Gasteiger partial charge in [-0.25, -0.2) is 10.8 Å². The number of hydrogen-bond donors (Lipinski definition) is 3. The lowest BCUT2D eigenvalue weighted by Gasteiger charge is -2.30. The minimum Gasteiger partial charge on any atom is -0.369 e. The zero-order valence-electron chi connectivity index (χ0n) is 10.9. The quantitative estimate of drug-likeness (QED) is 0.574. The number of aryl methyl sites for hydroxylation is 1. The smallest absolute Gasteiger partial charge is 0.239 e. The first-order chi connectivity index (χ1) is 9.26. The zero-order valence-corrected chi connectivity index (χ0v) is 10.9. The van der Waals surface area contributed by atoms with E-state index in [0.717, 1.165) is 24.5 Å². The Bertz CT molecular complexity index is 596. The molecule has 1 aliphatic carbocycles. The first-order valence-corrected chi connectivity index (χ1v) is 6.40. The van der Waals surface area contributed by atoms with Gasteiger partial charge in [0.25, 0.3) is 0 Å². The topological polar surface area (TPSA) is 75.9 Å². The van der Waals surface area contributed by atoms with Crippen LogP contribution in [0.5, 0.6) is 0 Å². The molecule has 0 spiro atoms. The third-order valence-electron chi connectivity index (χ3n) is 3.47. The summed E-state index contributed by atoms with van der Waals surface area (Å²) in [4.78, 5) is 8.44. The summed E-state index contributed by atoms with van der Waals surface area (Å²) in [5.41, 5.74) is 6.26. The van der Waals surface area contributed by atoms with Crippen molar-refractivity contribution in [2.24, 2.45) is 5.84 Å². The van der Waals surface area contributed by atoms with Crippen LogP contribution >= 0.6 is 0 Å². The van der Waals surface area contributed by atoms with Crippen LogP contribution in [0.25, 0.3) is 0 Å². The van der Waals surface area contributed by atoms with E-state index in [4.69, 9.17) is 5.84 Å². The number of anilines is 2. The summed E-state index contributed by atoms with van der Waals surface area (Å²) in [5, 5.41) is 3.36. The maximum absolute atomic E-state index is 5.34. The molecule has 5 heteroatoms. The molecular formula is C14H17N5. The van der Waals surface area contributed by atoms with Crippen molar-refractivity contribution < 1.29 is 0 Å². The van der Waals surface area contributed by atoms with Crippen LogP contribution in [0.15, 0.2) is 30.3 Å². The Morgan fingerprint density at radius 2 is 2.16 bits per heavy atom. The molecule has 1 aliphatic rings. The van der Waals surface area contributed by atoms with Crippen molar-refractivity contribution in [3.05, 3.63) is 47.2 Å². The summed E-state index contributed by atoms with van der Waals surface area (Å²) >= 11 is 0. The maximum atomic E-state index is 5.34. The van der Waals surface area contributed by atoms with E-state index in [9.17, 15) is 0 Å². The van der Waals surface area contributed by atoms with Gasteiger partial charge in [0.15, 0.2) is 0 Å². The van der Waals surface area contributed by atoms with Gasteiger partial charge in [-0.1, -0.05) is 24.3 Å². The molecule has 1 aromatic heterocycles. The Labute approximate surface area is 112 Å². The van der Waals surface area contributed by atoms with Crippen molar-refractivity contribution >= 4 is 11.8 Å². The number of nitrogens with zero attached hydrogens (tertiary/aromatic N) is 2. The third kappa shape index (κ3) is 2.37. The third-order valence-corrected chi connectivity index (χ3v) is 3.47. The molecule has 0 saturated carbocycles. The summed E-state index contributed by atoms with van der Waals surface area (Å²) in [7, 11) is 0. The minimum atomic E-state index is 0.441. The molecule has 0 aliphatic heterocycles. The maximum Gasteiger partial charge on any atom is 0.239 e. The summed E-state index contributed by atoms with van der Waals surface area (Å²) in [5.74, 6) is 7.16. The van der Waals surface area contributed by atoms with Gasteiger partial charge in [-0.15, -0.1) is 0 Å².